The predicted molar refractivity (Wildman–Crippen MR) is 119 cm³/mol. The van der Waals surface area contributed by atoms with Crippen LogP contribution < -0.4 is 21.9 Å². The lowest BCUT2D eigenvalue weighted by Gasteiger charge is -2.20. The number of hydrogen-bond donors (Lipinski definition) is 2. The molecular weight excluding hydrogens is 382 g/mol. The van der Waals surface area contributed by atoms with Crippen LogP contribution in [0.25, 0.3) is 5.69 Å². The first-order valence-corrected chi connectivity index (χ1v) is 9.92. The van der Waals surface area contributed by atoms with Crippen LogP contribution in [-0.4, -0.2) is 27.1 Å². The van der Waals surface area contributed by atoms with Crippen LogP contribution in [0, 0.1) is 13.8 Å². The number of aromatic nitrogens is 3. The predicted octanol–water partition coefficient (Wildman–Crippen LogP) is 2.60. The van der Waals surface area contributed by atoms with Gasteiger partial charge in [-0.2, -0.15) is 0 Å². The zero-order chi connectivity index (χ0) is 22.0. The van der Waals surface area contributed by atoms with Gasteiger partial charge in [-0.15, -0.1) is 0 Å². The van der Waals surface area contributed by atoms with Gasteiger partial charge in [-0.1, -0.05) is 13.3 Å². The quantitative estimate of drug-likeness (QED) is 0.653. The van der Waals surface area contributed by atoms with Gasteiger partial charge in [0.1, 0.15) is 5.82 Å². The highest BCUT2D eigenvalue weighted by Crippen LogP contribution is 2.20. The molecule has 30 heavy (non-hydrogen) atoms. The minimum Gasteiger partial charge on any atom is -0.383 e. The third-order valence-corrected chi connectivity index (χ3v) is 5.23. The van der Waals surface area contributed by atoms with Crippen molar-refractivity contribution in [3.8, 4) is 5.69 Å². The summed E-state index contributed by atoms with van der Waals surface area (Å²) in [6.07, 6.45) is 1.59. The van der Waals surface area contributed by atoms with E-state index in [1.807, 2.05) is 45.0 Å². The van der Waals surface area contributed by atoms with Gasteiger partial charge in [-0.05, 0) is 56.7 Å². The molecule has 0 atom stereocenters. The molecule has 3 N–H and O–H groups in total. The fourth-order valence-corrected chi connectivity index (χ4v) is 3.56. The van der Waals surface area contributed by atoms with E-state index in [1.165, 1.54) is 16.5 Å². The zero-order valence-corrected chi connectivity index (χ0v) is 17.7. The molecule has 0 saturated carbocycles. The first kappa shape index (κ1) is 21.2. The zero-order valence-electron chi connectivity index (χ0n) is 17.7. The molecule has 0 aliphatic heterocycles. The van der Waals surface area contributed by atoms with Gasteiger partial charge in [0.05, 0.1) is 0 Å². The number of nitrogens with zero attached hydrogens (tertiary/aromatic N) is 3. The summed E-state index contributed by atoms with van der Waals surface area (Å²) < 4.78 is 3.38. The molecular formula is C22H27N5O3. The average Bonchev–Trinajstić information content (AvgIpc) is 3.05. The van der Waals surface area contributed by atoms with Crippen molar-refractivity contribution in [2.45, 2.75) is 40.2 Å². The Kier molecular flexibility index (Phi) is 5.96. The number of aryl methyl sites for hydroxylation is 2. The molecule has 0 aliphatic rings. The number of nitrogen functional groups attached to an aromatic ring is 1. The smallest absolute Gasteiger partial charge is 0.330 e. The monoisotopic (exact) mass is 409 g/mol. The van der Waals surface area contributed by atoms with Crippen molar-refractivity contribution in [3.05, 3.63) is 74.2 Å². The van der Waals surface area contributed by atoms with Crippen molar-refractivity contribution in [1.82, 2.24) is 14.1 Å². The maximum Gasteiger partial charge on any atom is 0.330 e. The summed E-state index contributed by atoms with van der Waals surface area (Å²) in [5.74, 6) is -0.399. The molecule has 0 bridgehead atoms. The number of carbonyl (C=O) groups excluding carboxylic acids is 1. The Bertz CT molecular complexity index is 1170. The molecule has 0 spiro atoms. The largest absolute Gasteiger partial charge is 0.383 e. The van der Waals surface area contributed by atoms with Crippen molar-refractivity contribution in [2.75, 3.05) is 17.7 Å². The van der Waals surface area contributed by atoms with Gasteiger partial charge in [-0.25, -0.2) is 4.79 Å². The molecule has 158 valence electrons. The van der Waals surface area contributed by atoms with Crippen LogP contribution in [0.2, 0.25) is 0 Å². The van der Waals surface area contributed by atoms with Gasteiger partial charge in [0.25, 0.3) is 11.5 Å². The lowest BCUT2D eigenvalue weighted by atomic mass is 10.1. The fraction of sp³-hybridized carbons (Fsp3) is 0.318. The molecule has 8 nitrogen and oxygen atoms in total. The van der Waals surface area contributed by atoms with E-state index in [9.17, 15) is 14.4 Å². The Morgan fingerprint density at radius 2 is 1.67 bits per heavy atom. The van der Waals surface area contributed by atoms with E-state index in [1.54, 1.807) is 12.1 Å². The van der Waals surface area contributed by atoms with Gasteiger partial charge in [0.2, 0.25) is 0 Å². The number of rotatable bonds is 6. The number of unbranched alkanes of at least 4 members (excludes halogenated alkanes) is 1. The molecule has 0 radical (unpaired) electrons. The van der Waals surface area contributed by atoms with Crippen LogP contribution in [0.3, 0.4) is 0 Å². The molecule has 0 aliphatic carbocycles. The number of carbonyl (C=O) groups is 1. The second-order valence-corrected chi connectivity index (χ2v) is 7.36. The maximum atomic E-state index is 13.0. The summed E-state index contributed by atoms with van der Waals surface area (Å²) in [4.78, 5) is 41.0. The van der Waals surface area contributed by atoms with E-state index in [2.05, 4.69) is 9.55 Å². The van der Waals surface area contributed by atoms with Crippen molar-refractivity contribution >= 4 is 17.4 Å². The molecule has 8 heteroatoms. The molecule has 3 aromatic rings. The van der Waals surface area contributed by atoms with Gasteiger partial charge in [0.15, 0.2) is 5.69 Å². The summed E-state index contributed by atoms with van der Waals surface area (Å²) in [5, 5.41) is 0. The molecule has 0 fully saturated rings. The lowest BCUT2D eigenvalue weighted by Crippen LogP contribution is -2.39. The highest BCUT2D eigenvalue weighted by atomic mass is 16.2. The van der Waals surface area contributed by atoms with Crippen LogP contribution in [0.15, 0.2) is 46.0 Å². The number of aromatic amines is 1. The lowest BCUT2D eigenvalue weighted by molar-refractivity contribution is 0.0992. The first-order chi connectivity index (χ1) is 14.3. The minimum absolute atomic E-state index is 0.0109. The summed E-state index contributed by atoms with van der Waals surface area (Å²) in [6, 6.07) is 11.2. The van der Waals surface area contributed by atoms with Gasteiger partial charge in [0, 0.05) is 36.2 Å². The Balaban J connectivity index is 1.94. The van der Waals surface area contributed by atoms with Crippen LogP contribution in [0.5, 0.6) is 0 Å². The summed E-state index contributed by atoms with van der Waals surface area (Å²) in [6.45, 7) is 6.39. The van der Waals surface area contributed by atoms with Crippen molar-refractivity contribution in [1.29, 1.82) is 0 Å². The summed E-state index contributed by atoms with van der Waals surface area (Å²) >= 11 is 0. The number of amides is 1. The molecule has 0 saturated heterocycles. The third kappa shape index (κ3) is 3.80. The molecule has 3 rings (SSSR count). The fourth-order valence-electron chi connectivity index (χ4n) is 3.56. The molecule has 2 heterocycles. The maximum absolute atomic E-state index is 13.0. The number of benzene rings is 1. The normalized spacial score (nSPS) is 10.9. The number of nitrogens with two attached hydrogens (primary N) is 1. The number of H-pyrrole nitrogens is 1. The highest BCUT2D eigenvalue weighted by Gasteiger charge is 2.22. The van der Waals surface area contributed by atoms with Crippen LogP contribution in [-0.2, 0) is 6.54 Å². The van der Waals surface area contributed by atoms with Crippen LogP contribution >= 0.6 is 0 Å². The third-order valence-electron chi connectivity index (χ3n) is 5.23. The Hall–Kier alpha value is -3.55. The minimum atomic E-state index is -0.684. The molecule has 2 aromatic heterocycles. The molecule has 0 unspecified atom stereocenters. The van der Waals surface area contributed by atoms with Crippen molar-refractivity contribution < 1.29 is 4.79 Å². The summed E-state index contributed by atoms with van der Waals surface area (Å²) in [7, 11) is 1.48. The van der Waals surface area contributed by atoms with Crippen molar-refractivity contribution in [2.24, 2.45) is 0 Å². The van der Waals surface area contributed by atoms with Crippen LogP contribution in [0.4, 0.5) is 11.5 Å². The Morgan fingerprint density at radius 1 is 1.07 bits per heavy atom. The molecule has 1 aromatic carbocycles. The Morgan fingerprint density at radius 3 is 2.23 bits per heavy atom. The number of anilines is 2. The second kappa shape index (κ2) is 8.44. The standard InChI is InChI=1S/C22H27N5O3/c1-5-6-13-26-19(23)18(20(28)24-22(26)30)25(4)21(29)16-9-11-17(12-10-16)27-14(2)7-8-15(27)3/h7-12H,5-6,13,23H2,1-4H3,(H,24,28,30). The second-order valence-electron chi connectivity index (χ2n) is 7.36. The van der Waals surface area contributed by atoms with Crippen LogP contribution in [0.1, 0.15) is 41.5 Å². The van der Waals surface area contributed by atoms with E-state index in [0.29, 0.717) is 12.1 Å². The van der Waals surface area contributed by atoms with Crippen molar-refractivity contribution in [3.63, 3.8) is 0 Å². The molecule has 1 amide bonds. The van der Waals surface area contributed by atoms with E-state index in [0.717, 1.165) is 29.9 Å². The first-order valence-electron chi connectivity index (χ1n) is 9.92. The average molecular weight is 409 g/mol. The summed E-state index contributed by atoms with van der Waals surface area (Å²) in [5.41, 5.74) is 8.37. The number of nitrogens with one attached hydrogen (secondary N) is 1. The highest BCUT2D eigenvalue weighted by molar-refractivity contribution is 6.06. The SMILES string of the molecule is CCCCn1c(N)c(N(C)C(=O)c2ccc(-n3c(C)ccc3C)cc2)c(=O)[nH]c1=O. The topological polar surface area (TPSA) is 106 Å². The van der Waals surface area contributed by atoms with E-state index in [-0.39, 0.29) is 17.4 Å². The van der Waals surface area contributed by atoms with Gasteiger partial charge in [-0.3, -0.25) is 19.1 Å². The van der Waals surface area contributed by atoms with E-state index < -0.39 is 11.2 Å². The van der Waals surface area contributed by atoms with E-state index >= 15 is 0 Å². The van der Waals surface area contributed by atoms with Gasteiger partial charge >= 0.3 is 5.69 Å². The van der Waals surface area contributed by atoms with E-state index in [4.69, 9.17) is 5.73 Å². The number of hydrogen-bond acceptors (Lipinski definition) is 4. The van der Waals surface area contributed by atoms with Gasteiger partial charge < -0.3 is 15.2 Å². The Labute approximate surface area is 174 Å².